The Morgan fingerprint density at radius 2 is 1.96 bits per heavy atom. The van der Waals surface area contributed by atoms with Gasteiger partial charge in [-0.25, -0.2) is 9.97 Å². The molecule has 1 aromatic carbocycles. The summed E-state index contributed by atoms with van der Waals surface area (Å²) in [5.41, 5.74) is -0.0585. The summed E-state index contributed by atoms with van der Waals surface area (Å²) < 4.78 is 40.5. The quantitative estimate of drug-likeness (QED) is 0.678. The second-order valence-corrected chi connectivity index (χ2v) is 6.66. The molecule has 0 bridgehead atoms. The fourth-order valence-corrected chi connectivity index (χ4v) is 3.11. The number of hydrogen-bond acceptors (Lipinski definition) is 4. The Morgan fingerprint density at radius 1 is 1.23 bits per heavy atom. The Hall–Kier alpha value is -2.42. The van der Waals surface area contributed by atoms with Crippen molar-refractivity contribution in [3.63, 3.8) is 0 Å². The smallest absolute Gasteiger partial charge is 0.363 e. The van der Waals surface area contributed by atoms with Crippen LogP contribution < -0.4 is 10.9 Å². The third-order valence-corrected chi connectivity index (χ3v) is 4.60. The van der Waals surface area contributed by atoms with E-state index in [-0.39, 0.29) is 5.56 Å². The van der Waals surface area contributed by atoms with E-state index in [1.54, 1.807) is 26.1 Å². The Labute approximate surface area is 155 Å². The molecule has 0 saturated carbocycles. The molecule has 5 nitrogen and oxygen atoms in total. The fraction of sp³-hybridized carbons (Fsp3) is 0.235. The number of rotatable bonds is 3. The Kier molecular flexibility index (Phi) is 4.74. The SMILES string of the molecule is C[C@@H](Nc1ncnc2c1cc(Br)c(=O)n2C)c1cccc(C(F)(F)F)c1. The first-order valence-corrected chi connectivity index (χ1v) is 8.41. The highest BCUT2D eigenvalue weighted by molar-refractivity contribution is 9.10. The highest BCUT2D eigenvalue weighted by Crippen LogP contribution is 2.32. The summed E-state index contributed by atoms with van der Waals surface area (Å²) in [4.78, 5) is 20.3. The first kappa shape index (κ1) is 18.4. The summed E-state index contributed by atoms with van der Waals surface area (Å²) in [5, 5.41) is 3.68. The highest BCUT2D eigenvalue weighted by Gasteiger charge is 2.30. The van der Waals surface area contributed by atoms with E-state index in [0.717, 1.165) is 12.1 Å². The van der Waals surface area contributed by atoms with Crippen LogP contribution in [0.15, 0.2) is 45.9 Å². The van der Waals surface area contributed by atoms with E-state index >= 15 is 0 Å². The molecule has 1 atom stereocenters. The van der Waals surface area contributed by atoms with Gasteiger partial charge in [0.15, 0.2) is 0 Å². The first-order valence-electron chi connectivity index (χ1n) is 7.62. The van der Waals surface area contributed by atoms with Crippen LogP contribution in [-0.4, -0.2) is 14.5 Å². The van der Waals surface area contributed by atoms with E-state index in [1.165, 1.54) is 17.0 Å². The van der Waals surface area contributed by atoms with Gasteiger partial charge in [0.05, 0.1) is 15.4 Å². The number of hydrogen-bond donors (Lipinski definition) is 1. The minimum atomic E-state index is -4.40. The lowest BCUT2D eigenvalue weighted by molar-refractivity contribution is -0.137. The molecule has 0 aliphatic carbocycles. The van der Waals surface area contributed by atoms with Crippen molar-refractivity contribution in [3.8, 4) is 0 Å². The first-order chi connectivity index (χ1) is 12.2. The average Bonchev–Trinajstić information content (AvgIpc) is 2.60. The molecule has 9 heteroatoms. The van der Waals surface area contributed by atoms with Gasteiger partial charge in [0.1, 0.15) is 17.8 Å². The number of halogens is 4. The molecule has 2 aromatic heterocycles. The van der Waals surface area contributed by atoms with Crippen molar-refractivity contribution in [2.24, 2.45) is 7.05 Å². The number of alkyl halides is 3. The van der Waals surface area contributed by atoms with Crippen molar-refractivity contribution in [2.75, 3.05) is 5.32 Å². The van der Waals surface area contributed by atoms with Crippen molar-refractivity contribution in [1.29, 1.82) is 0 Å². The molecule has 0 aliphatic heterocycles. The van der Waals surface area contributed by atoms with Gasteiger partial charge >= 0.3 is 6.18 Å². The van der Waals surface area contributed by atoms with Crippen LogP contribution in [0.2, 0.25) is 0 Å². The molecular weight excluding hydrogens is 413 g/mol. The molecular formula is C17H14BrF3N4O. The molecule has 0 amide bonds. The molecule has 0 radical (unpaired) electrons. The molecule has 0 spiro atoms. The van der Waals surface area contributed by atoms with Gasteiger partial charge < -0.3 is 5.32 Å². The minimum absolute atomic E-state index is 0.243. The van der Waals surface area contributed by atoms with Crippen molar-refractivity contribution in [3.05, 3.63) is 62.6 Å². The fourth-order valence-electron chi connectivity index (χ4n) is 2.62. The van der Waals surface area contributed by atoms with Gasteiger partial charge in [-0.15, -0.1) is 0 Å². The van der Waals surface area contributed by atoms with E-state index in [2.05, 4.69) is 31.2 Å². The number of pyridine rings is 1. The molecule has 3 rings (SSSR count). The topological polar surface area (TPSA) is 59.8 Å². The van der Waals surface area contributed by atoms with Crippen LogP contribution in [-0.2, 0) is 13.2 Å². The zero-order valence-electron chi connectivity index (χ0n) is 13.8. The van der Waals surface area contributed by atoms with Gasteiger partial charge in [-0.05, 0) is 46.6 Å². The number of aryl methyl sites for hydroxylation is 1. The zero-order chi connectivity index (χ0) is 19.1. The van der Waals surface area contributed by atoms with E-state index in [0.29, 0.717) is 26.9 Å². The number of anilines is 1. The summed E-state index contributed by atoms with van der Waals surface area (Å²) in [5.74, 6) is 0.427. The lowest BCUT2D eigenvalue weighted by Gasteiger charge is -2.18. The monoisotopic (exact) mass is 426 g/mol. The predicted octanol–water partition coefficient (Wildman–Crippen LogP) is 4.28. The largest absolute Gasteiger partial charge is 0.416 e. The Bertz CT molecular complexity index is 1030. The van der Waals surface area contributed by atoms with Crippen LogP contribution >= 0.6 is 15.9 Å². The molecule has 0 aliphatic rings. The van der Waals surface area contributed by atoms with E-state index in [9.17, 15) is 18.0 Å². The second-order valence-electron chi connectivity index (χ2n) is 5.81. The summed E-state index contributed by atoms with van der Waals surface area (Å²) in [6.07, 6.45) is -3.10. The molecule has 26 heavy (non-hydrogen) atoms. The van der Waals surface area contributed by atoms with E-state index in [1.807, 2.05) is 0 Å². The number of nitrogens with one attached hydrogen (secondary N) is 1. The van der Waals surface area contributed by atoms with Gasteiger partial charge in [0.2, 0.25) is 0 Å². The van der Waals surface area contributed by atoms with Crippen LogP contribution in [0.4, 0.5) is 19.0 Å². The number of aromatic nitrogens is 3. The Balaban J connectivity index is 2.01. The summed E-state index contributed by atoms with van der Waals surface area (Å²) in [7, 11) is 1.59. The third kappa shape index (κ3) is 3.44. The Morgan fingerprint density at radius 3 is 2.65 bits per heavy atom. The summed E-state index contributed by atoms with van der Waals surface area (Å²) >= 11 is 3.20. The molecule has 1 N–H and O–H groups in total. The maximum atomic E-state index is 12.9. The van der Waals surface area contributed by atoms with E-state index in [4.69, 9.17) is 0 Å². The average molecular weight is 427 g/mol. The lowest BCUT2D eigenvalue weighted by Crippen LogP contribution is -2.19. The molecule has 0 unspecified atom stereocenters. The molecule has 3 aromatic rings. The predicted molar refractivity (Wildman–Crippen MR) is 96.0 cm³/mol. The highest BCUT2D eigenvalue weighted by atomic mass is 79.9. The molecule has 136 valence electrons. The van der Waals surface area contributed by atoms with Crippen LogP contribution in [0.25, 0.3) is 11.0 Å². The molecule has 2 heterocycles. The van der Waals surface area contributed by atoms with Crippen LogP contribution in [0.5, 0.6) is 0 Å². The minimum Gasteiger partial charge on any atom is -0.363 e. The number of fused-ring (bicyclic) bond motifs is 1. The van der Waals surface area contributed by atoms with Gasteiger partial charge in [0, 0.05) is 13.1 Å². The normalized spacial score (nSPS) is 13.0. The summed E-state index contributed by atoms with van der Waals surface area (Å²) in [6, 6.07) is 6.28. The van der Waals surface area contributed by atoms with Gasteiger partial charge in [-0.2, -0.15) is 13.2 Å². The lowest BCUT2D eigenvalue weighted by atomic mass is 10.0. The number of benzene rings is 1. The van der Waals surface area contributed by atoms with Crippen LogP contribution in [0, 0.1) is 0 Å². The maximum absolute atomic E-state index is 12.9. The molecule has 0 fully saturated rings. The van der Waals surface area contributed by atoms with Crippen molar-refractivity contribution in [2.45, 2.75) is 19.1 Å². The van der Waals surface area contributed by atoms with Crippen molar-refractivity contribution in [1.82, 2.24) is 14.5 Å². The van der Waals surface area contributed by atoms with Gasteiger partial charge in [-0.3, -0.25) is 9.36 Å². The van der Waals surface area contributed by atoms with Gasteiger partial charge in [-0.1, -0.05) is 12.1 Å². The second kappa shape index (κ2) is 6.71. The van der Waals surface area contributed by atoms with Crippen molar-refractivity contribution >= 4 is 32.8 Å². The summed E-state index contributed by atoms with van der Waals surface area (Å²) in [6.45, 7) is 1.74. The standard InChI is InChI=1S/C17H14BrF3N4O/c1-9(10-4-3-5-11(6-10)17(19,20)21)24-14-12-7-13(18)16(26)25(2)15(12)23-8-22-14/h3-9H,1-2H3,(H,22,23,24)/t9-/m1/s1. The molecule has 0 saturated heterocycles. The van der Waals surface area contributed by atoms with Gasteiger partial charge in [0.25, 0.3) is 5.56 Å². The van der Waals surface area contributed by atoms with E-state index < -0.39 is 17.8 Å². The zero-order valence-corrected chi connectivity index (χ0v) is 15.4. The maximum Gasteiger partial charge on any atom is 0.416 e. The van der Waals surface area contributed by atoms with Crippen LogP contribution in [0.3, 0.4) is 0 Å². The third-order valence-electron chi connectivity index (χ3n) is 4.03. The van der Waals surface area contributed by atoms with Crippen LogP contribution in [0.1, 0.15) is 24.1 Å². The van der Waals surface area contributed by atoms with Crippen molar-refractivity contribution < 1.29 is 13.2 Å². The number of nitrogens with zero attached hydrogens (tertiary/aromatic N) is 3.